The maximum absolute atomic E-state index is 12.8. The van der Waals surface area contributed by atoms with E-state index >= 15 is 0 Å². The maximum Gasteiger partial charge on any atom is 0.123 e. The van der Waals surface area contributed by atoms with Crippen LogP contribution in [0.3, 0.4) is 0 Å². The molecule has 2 aromatic rings. The summed E-state index contributed by atoms with van der Waals surface area (Å²) < 4.78 is 14.5. The molecule has 4 heteroatoms. The lowest BCUT2D eigenvalue weighted by Gasteiger charge is -2.06. The van der Waals surface area contributed by atoms with Gasteiger partial charge >= 0.3 is 0 Å². The van der Waals surface area contributed by atoms with Gasteiger partial charge in [-0.3, -0.25) is 0 Å². The third-order valence-corrected chi connectivity index (χ3v) is 2.12. The fourth-order valence-corrected chi connectivity index (χ4v) is 1.39. The van der Waals surface area contributed by atoms with E-state index in [0.717, 1.165) is 5.56 Å². The van der Waals surface area contributed by atoms with Crippen LogP contribution in [0.15, 0.2) is 49.1 Å². The summed E-state index contributed by atoms with van der Waals surface area (Å²) in [6.45, 7) is 0. The molecule has 0 unspecified atom stereocenters. The number of imidazole rings is 1. The van der Waals surface area contributed by atoms with Gasteiger partial charge in [0.25, 0.3) is 0 Å². The molecule has 2 rings (SSSR count). The van der Waals surface area contributed by atoms with Crippen LogP contribution in [0.5, 0.6) is 0 Å². The van der Waals surface area contributed by atoms with Gasteiger partial charge in [-0.15, -0.1) is 0 Å². The molecule has 0 saturated carbocycles. The monoisotopic (exact) mass is 213 g/mol. The van der Waals surface area contributed by atoms with Crippen LogP contribution in [0.1, 0.15) is 5.56 Å². The minimum atomic E-state index is -0.300. The first-order chi connectivity index (χ1) is 7.81. The Morgan fingerprint density at radius 1 is 1.38 bits per heavy atom. The Morgan fingerprint density at radius 3 is 2.69 bits per heavy atom. The minimum absolute atomic E-state index is 0.300. The quantitative estimate of drug-likeness (QED) is 0.719. The molecule has 3 nitrogen and oxygen atoms in total. The second-order valence-electron chi connectivity index (χ2n) is 3.14. The van der Waals surface area contributed by atoms with Crippen molar-refractivity contribution >= 4 is 5.70 Å². The zero-order valence-electron chi connectivity index (χ0n) is 8.34. The molecule has 0 amide bonds. The predicted molar refractivity (Wildman–Crippen MR) is 57.6 cm³/mol. The molecule has 0 aliphatic carbocycles. The Labute approximate surface area is 92.1 Å². The van der Waals surface area contributed by atoms with Gasteiger partial charge in [0.2, 0.25) is 0 Å². The van der Waals surface area contributed by atoms with Gasteiger partial charge in [-0.25, -0.2) is 9.37 Å². The van der Waals surface area contributed by atoms with Gasteiger partial charge in [0, 0.05) is 18.5 Å². The molecule has 0 saturated heterocycles. The van der Waals surface area contributed by atoms with Crippen LogP contribution in [0, 0.1) is 17.1 Å². The fourth-order valence-electron chi connectivity index (χ4n) is 1.39. The molecule has 0 aliphatic heterocycles. The van der Waals surface area contributed by atoms with Crippen molar-refractivity contribution in [2.24, 2.45) is 0 Å². The number of hydrogen-bond acceptors (Lipinski definition) is 2. The molecule has 0 bridgehead atoms. The third-order valence-electron chi connectivity index (χ3n) is 2.12. The summed E-state index contributed by atoms with van der Waals surface area (Å²) in [4.78, 5) is 3.91. The Balaban J connectivity index is 2.47. The van der Waals surface area contributed by atoms with Crippen molar-refractivity contribution in [3.05, 3.63) is 60.4 Å². The smallest absolute Gasteiger partial charge is 0.123 e. The van der Waals surface area contributed by atoms with Gasteiger partial charge in [0.05, 0.1) is 18.1 Å². The van der Waals surface area contributed by atoms with Crippen molar-refractivity contribution in [3.63, 3.8) is 0 Å². The van der Waals surface area contributed by atoms with E-state index in [0.29, 0.717) is 5.70 Å². The number of nitrogens with zero attached hydrogens (tertiary/aromatic N) is 3. The number of aromatic nitrogens is 2. The van der Waals surface area contributed by atoms with Gasteiger partial charge in [-0.2, -0.15) is 5.26 Å². The minimum Gasteiger partial charge on any atom is -0.305 e. The van der Waals surface area contributed by atoms with E-state index in [9.17, 15) is 4.39 Å². The zero-order chi connectivity index (χ0) is 11.4. The summed E-state index contributed by atoms with van der Waals surface area (Å²) in [5.41, 5.74) is 1.43. The van der Waals surface area contributed by atoms with Crippen LogP contribution in [0.2, 0.25) is 0 Å². The van der Waals surface area contributed by atoms with E-state index in [1.807, 2.05) is 6.07 Å². The Hall–Kier alpha value is -2.41. The first-order valence-electron chi connectivity index (χ1n) is 4.65. The van der Waals surface area contributed by atoms with E-state index in [-0.39, 0.29) is 5.82 Å². The largest absolute Gasteiger partial charge is 0.305 e. The molecule has 1 aromatic heterocycles. The lowest BCUT2D eigenvalue weighted by Crippen LogP contribution is -1.95. The second-order valence-corrected chi connectivity index (χ2v) is 3.14. The molecule has 0 aliphatic rings. The zero-order valence-corrected chi connectivity index (χ0v) is 8.34. The lowest BCUT2D eigenvalue weighted by molar-refractivity contribution is 0.627. The molecular formula is C12H8FN3. The van der Waals surface area contributed by atoms with Crippen LogP contribution < -0.4 is 0 Å². The molecular weight excluding hydrogens is 205 g/mol. The first-order valence-corrected chi connectivity index (χ1v) is 4.65. The van der Waals surface area contributed by atoms with Crippen molar-refractivity contribution in [1.82, 2.24) is 9.55 Å². The molecule has 0 spiro atoms. The maximum atomic E-state index is 12.8. The molecule has 0 N–H and O–H groups in total. The number of allylic oxidation sites excluding steroid dienone is 1. The van der Waals surface area contributed by atoms with Crippen LogP contribution >= 0.6 is 0 Å². The van der Waals surface area contributed by atoms with Crippen molar-refractivity contribution in [2.45, 2.75) is 0 Å². The van der Waals surface area contributed by atoms with Crippen molar-refractivity contribution in [1.29, 1.82) is 5.26 Å². The fraction of sp³-hybridized carbons (Fsp3) is 0. The molecule has 1 heterocycles. The highest BCUT2D eigenvalue weighted by molar-refractivity contribution is 5.67. The van der Waals surface area contributed by atoms with Gasteiger partial charge in [-0.1, -0.05) is 0 Å². The van der Waals surface area contributed by atoms with Gasteiger partial charge in [-0.05, 0) is 29.8 Å². The Bertz CT molecular complexity index is 533. The van der Waals surface area contributed by atoms with Gasteiger partial charge < -0.3 is 4.57 Å². The van der Waals surface area contributed by atoms with Crippen molar-refractivity contribution in [2.75, 3.05) is 0 Å². The van der Waals surface area contributed by atoms with Crippen LogP contribution in [-0.4, -0.2) is 9.55 Å². The van der Waals surface area contributed by atoms with Gasteiger partial charge in [0.1, 0.15) is 5.82 Å². The standard InChI is InChI=1S/C12H8FN3/c13-11-3-1-10(2-4-11)12(5-6-14)16-8-7-15-9-16/h1-5,7-9H/b12-5-. The number of halogens is 1. The molecule has 78 valence electrons. The molecule has 0 fully saturated rings. The van der Waals surface area contributed by atoms with Crippen LogP contribution in [0.4, 0.5) is 4.39 Å². The SMILES string of the molecule is N#C/C=C(/c1ccc(F)cc1)n1ccnc1. The van der Waals surface area contributed by atoms with Gasteiger partial charge in [0.15, 0.2) is 0 Å². The summed E-state index contributed by atoms with van der Waals surface area (Å²) in [5.74, 6) is -0.300. The second kappa shape index (κ2) is 4.41. The predicted octanol–water partition coefficient (Wildman–Crippen LogP) is 2.43. The topological polar surface area (TPSA) is 41.6 Å². The number of rotatable bonds is 2. The van der Waals surface area contributed by atoms with Crippen molar-refractivity contribution < 1.29 is 4.39 Å². The number of benzene rings is 1. The normalized spacial score (nSPS) is 11.1. The number of nitriles is 1. The summed E-state index contributed by atoms with van der Waals surface area (Å²) in [6.07, 6.45) is 6.34. The van der Waals surface area contributed by atoms with E-state index in [1.165, 1.54) is 18.2 Å². The molecule has 0 radical (unpaired) electrons. The Morgan fingerprint density at radius 2 is 2.12 bits per heavy atom. The number of hydrogen-bond donors (Lipinski definition) is 0. The average molecular weight is 213 g/mol. The highest BCUT2D eigenvalue weighted by atomic mass is 19.1. The van der Waals surface area contributed by atoms with E-state index < -0.39 is 0 Å². The molecule has 1 aromatic carbocycles. The molecule has 16 heavy (non-hydrogen) atoms. The van der Waals surface area contributed by atoms with Crippen LogP contribution in [-0.2, 0) is 0 Å². The highest BCUT2D eigenvalue weighted by Gasteiger charge is 2.03. The summed E-state index contributed by atoms with van der Waals surface area (Å²) in [7, 11) is 0. The first kappa shape index (κ1) is 10.1. The van der Waals surface area contributed by atoms with Crippen LogP contribution in [0.25, 0.3) is 5.70 Å². The van der Waals surface area contributed by atoms with E-state index in [4.69, 9.17) is 5.26 Å². The molecule has 0 atom stereocenters. The van der Waals surface area contributed by atoms with Crippen molar-refractivity contribution in [3.8, 4) is 6.07 Å². The summed E-state index contributed by atoms with van der Waals surface area (Å²) in [6, 6.07) is 7.93. The Kier molecular flexibility index (Phi) is 2.79. The lowest BCUT2D eigenvalue weighted by atomic mass is 10.1. The summed E-state index contributed by atoms with van der Waals surface area (Å²) >= 11 is 0. The van der Waals surface area contributed by atoms with E-state index in [2.05, 4.69) is 4.98 Å². The summed E-state index contributed by atoms with van der Waals surface area (Å²) in [5, 5.41) is 8.72. The highest BCUT2D eigenvalue weighted by Crippen LogP contribution is 2.16. The van der Waals surface area contributed by atoms with E-state index in [1.54, 1.807) is 35.4 Å². The third kappa shape index (κ3) is 1.98. The average Bonchev–Trinajstić information content (AvgIpc) is 2.81.